The van der Waals surface area contributed by atoms with Crippen molar-refractivity contribution in [1.29, 1.82) is 0 Å². The summed E-state index contributed by atoms with van der Waals surface area (Å²) in [6.07, 6.45) is 1.70. The van der Waals surface area contributed by atoms with Crippen molar-refractivity contribution in [2.45, 2.75) is 38.8 Å². The summed E-state index contributed by atoms with van der Waals surface area (Å²) < 4.78 is 0. The van der Waals surface area contributed by atoms with Gasteiger partial charge in [0.15, 0.2) is 0 Å². The second kappa shape index (κ2) is 5.83. The van der Waals surface area contributed by atoms with Gasteiger partial charge in [0.2, 0.25) is 0 Å². The second-order valence-corrected chi connectivity index (χ2v) is 5.11. The molecule has 2 atom stereocenters. The van der Waals surface area contributed by atoms with Crippen LogP contribution in [0.4, 0.5) is 0 Å². The summed E-state index contributed by atoms with van der Waals surface area (Å²) in [7, 11) is 0. The SMILES string of the molecule is [CH2]C(O)C1CCN(CC(N)C(C)C)CC1. The first-order valence-electron chi connectivity index (χ1n) is 5.99. The van der Waals surface area contributed by atoms with Crippen molar-refractivity contribution in [2.75, 3.05) is 19.6 Å². The Morgan fingerprint density at radius 3 is 2.33 bits per heavy atom. The summed E-state index contributed by atoms with van der Waals surface area (Å²) >= 11 is 0. The van der Waals surface area contributed by atoms with Crippen molar-refractivity contribution < 1.29 is 5.11 Å². The molecule has 0 aromatic carbocycles. The zero-order valence-electron chi connectivity index (χ0n) is 10.0. The Hall–Kier alpha value is -0.120. The van der Waals surface area contributed by atoms with Crippen LogP contribution in [-0.2, 0) is 0 Å². The van der Waals surface area contributed by atoms with Gasteiger partial charge in [0, 0.05) is 12.6 Å². The van der Waals surface area contributed by atoms with Gasteiger partial charge in [-0.2, -0.15) is 0 Å². The molecule has 0 aromatic heterocycles. The Morgan fingerprint density at radius 2 is 1.93 bits per heavy atom. The lowest BCUT2D eigenvalue weighted by molar-refractivity contribution is 0.0834. The first kappa shape index (κ1) is 12.9. The highest BCUT2D eigenvalue weighted by atomic mass is 16.3. The largest absolute Gasteiger partial charge is 0.393 e. The molecule has 1 aliphatic heterocycles. The summed E-state index contributed by atoms with van der Waals surface area (Å²) in [4.78, 5) is 2.41. The van der Waals surface area contributed by atoms with Crippen molar-refractivity contribution in [1.82, 2.24) is 4.90 Å². The van der Waals surface area contributed by atoms with E-state index in [1.54, 1.807) is 0 Å². The average molecular weight is 213 g/mol. The fraction of sp³-hybridized carbons (Fsp3) is 0.917. The summed E-state index contributed by atoms with van der Waals surface area (Å²) in [5.74, 6) is 0.928. The number of likely N-dealkylation sites (tertiary alicyclic amines) is 1. The van der Waals surface area contributed by atoms with Gasteiger partial charge in [-0.1, -0.05) is 13.8 Å². The molecule has 0 saturated carbocycles. The van der Waals surface area contributed by atoms with E-state index in [1.165, 1.54) is 0 Å². The second-order valence-electron chi connectivity index (χ2n) is 5.11. The molecule has 2 unspecified atom stereocenters. The minimum atomic E-state index is -0.397. The molecule has 0 spiro atoms. The molecule has 89 valence electrons. The summed E-state index contributed by atoms with van der Waals surface area (Å²) in [6.45, 7) is 11.1. The fourth-order valence-corrected chi connectivity index (χ4v) is 2.03. The quantitative estimate of drug-likeness (QED) is 0.729. The Balaban J connectivity index is 2.25. The lowest BCUT2D eigenvalue weighted by Crippen LogP contribution is -2.45. The molecule has 0 amide bonds. The maximum Gasteiger partial charge on any atom is 0.0570 e. The van der Waals surface area contributed by atoms with Crippen molar-refractivity contribution in [3.63, 3.8) is 0 Å². The van der Waals surface area contributed by atoms with Crippen LogP contribution in [-0.4, -0.2) is 41.8 Å². The molecular formula is C12H25N2O. The zero-order chi connectivity index (χ0) is 11.4. The van der Waals surface area contributed by atoms with Gasteiger partial charge < -0.3 is 15.7 Å². The third-order valence-electron chi connectivity index (χ3n) is 3.50. The predicted octanol–water partition coefficient (Wildman–Crippen LogP) is 0.877. The van der Waals surface area contributed by atoms with Gasteiger partial charge >= 0.3 is 0 Å². The van der Waals surface area contributed by atoms with Crippen LogP contribution < -0.4 is 5.73 Å². The van der Waals surface area contributed by atoms with Crippen molar-refractivity contribution in [3.05, 3.63) is 6.92 Å². The van der Waals surface area contributed by atoms with E-state index < -0.39 is 6.10 Å². The van der Waals surface area contributed by atoms with E-state index in [0.717, 1.165) is 32.5 Å². The van der Waals surface area contributed by atoms with E-state index >= 15 is 0 Å². The van der Waals surface area contributed by atoms with Crippen LogP contribution in [0.3, 0.4) is 0 Å². The summed E-state index contributed by atoms with van der Waals surface area (Å²) in [6, 6.07) is 0.270. The van der Waals surface area contributed by atoms with Gasteiger partial charge in [-0.3, -0.25) is 0 Å². The molecule has 3 N–H and O–H groups in total. The van der Waals surface area contributed by atoms with E-state index in [0.29, 0.717) is 11.8 Å². The number of aliphatic hydroxyl groups excluding tert-OH is 1. The maximum absolute atomic E-state index is 9.38. The Bertz CT molecular complexity index is 174. The minimum Gasteiger partial charge on any atom is -0.393 e. The van der Waals surface area contributed by atoms with Crippen LogP contribution >= 0.6 is 0 Å². The number of hydrogen-bond acceptors (Lipinski definition) is 3. The van der Waals surface area contributed by atoms with Crippen LogP contribution in [0.15, 0.2) is 0 Å². The van der Waals surface area contributed by atoms with Crippen LogP contribution in [0.1, 0.15) is 26.7 Å². The lowest BCUT2D eigenvalue weighted by atomic mass is 9.91. The average Bonchev–Trinajstić information content (AvgIpc) is 2.18. The number of nitrogens with zero attached hydrogens (tertiary/aromatic N) is 1. The van der Waals surface area contributed by atoms with E-state index in [2.05, 4.69) is 25.7 Å². The first-order valence-corrected chi connectivity index (χ1v) is 5.99. The molecular weight excluding hydrogens is 188 g/mol. The van der Waals surface area contributed by atoms with Gasteiger partial charge in [0.05, 0.1) is 6.10 Å². The minimum absolute atomic E-state index is 0.270. The Kier molecular flexibility index (Phi) is 5.03. The smallest absolute Gasteiger partial charge is 0.0570 e. The van der Waals surface area contributed by atoms with E-state index in [-0.39, 0.29) is 6.04 Å². The standard InChI is InChI=1S/C12H25N2O/c1-9(2)12(13)8-14-6-4-11(5-7-14)10(3)15/h9-12,15H,3-8,13H2,1-2H3. The predicted molar refractivity (Wildman–Crippen MR) is 63.3 cm³/mol. The van der Waals surface area contributed by atoms with Crippen LogP contribution in [0, 0.1) is 18.8 Å². The van der Waals surface area contributed by atoms with Gasteiger partial charge in [-0.15, -0.1) is 0 Å². The molecule has 1 heterocycles. The molecule has 1 fully saturated rings. The lowest BCUT2D eigenvalue weighted by Gasteiger charge is -2.35. The van der Waals surface area contributed by atoms with E-state index in [9.17, 15) is 5.11 Å². The number of rotatable bonds is 4. The van der Waals surface area contributed by atoms with Crippen LogP contribution in [0.2, 0.25) is 0 Å². The highest BCUT2D eigenvalue weighted by molar-refractivity contribution is 4.80. The molecule has 3 nitrogen and oxygen atoms in total. The van der Waals surface area contributed by atoms with Crippen molar-refractivity contribution in [2.24, 2.45) is 17.6 Å². The topological polar surface area (TPSA) is 49.5 Å². The number of aliphatic hydroxyl groups is 1. The summed E-state index contributed by atoms with van der Waals surface area (Å²) in [5.41, 5.74) is 6.04. The molecule has 3 heteroatoms. The fourth-order valence-electron chi connectivity index (χ4n) is 2.03. The zero-order valence-corrected chi connectivity index (χ0v) is 10.0. The Morgan fingerprint density at radius 1 is 1.40 bits per heavy atom. The molecule has 0 bridgehead atoms. The summed E-state index contributed by atoms with van der Waals surface area (Å²) in [5, 5.41) is 9.38. The maximum atomic E-state index is 9.38. The van der Waals surface area contributed by atoms with E-state index in [4.69, 9.17) is 5.73 Å². The van der Waals surface area contributed by atoms with Gasteiger partial charge in [0.1, 0.15) is 0 Å². The molecule has 1 saturated heterocycles. The van der Waals surface area contributed by atoms with Crippen LogP contribution in [0.5, 0.6) is 0 Å². The molecule has 1 radical (unpaired) electrons. The number of hydrogen-bond donors (Lipinski definition) is 2. The molecule has 1 aliphatic rings. The van der Waals surface area contributed by atoms with E-state index in [1.807, 2.05) is 0 Å². The third-order valence-corrected chi connectivity index (χ3v) is 3.50. The third kappa shape index (κ3) is 4.09. The highest BCUT2D eigenvalue weighted by Crippen LogP contribution is 2.20. The monoisotopic (exact) mass is 213 g/mol. The van der Waals surface area contributed by atoms with Gasteiger partial charge in [-0.25, -0.2) is 0 Å². The molecule has 15 heavy (non-hydrogen) atoms. The highest BCUT2D eigenvalue weighted by Gasteiger charge is 2.23. The number of piperidine rings is 1. The van der Waals surface area contributed by atoms with Crippen LogP contribution in [0.25, 0.3) is 0 Å². The molecule has 0 aliphatic carbocycles. The Labute approximate surface area is 93.6 Å². The number of nitrogens with two attached hydrogens (primary N) is 1. The van der Waals surface area contributed by atoms with Gasteiger partial charge in [0.25, 0.3) is 0 Å². The first-order chi connectivity index (χ1) is 7.00. The van der Waals surface area contributed by atoms with Crippen molar-refractivity contribution in [3.8, 4) is 0 Å². The van der Waals surface area contributed by atoms with Gasteiger partial charge in [-0.05, 0) is 44.7 Å². The van der Waals surface area contributed by atoms with Crippen molar-refractivity contribution >= 4 is 0 Å². The molecule has 1 rings (SSSR count). The normalized spacial score (nSPS) is 24.4. The molecule has 0 aromatic rings.